The lowest BCUT2D eigenvalue weighted by Gasteiger charge is -2.33. The third-order valence-electron chi connectivity index (χ3n) is 5.11. The van der Waals surface area contributed by atoms with Crippen molar-refractivity contribution >= 4 is 11.7 Å². The topological polar surface area (TPSA) is 44.4 Å². The van der Waals surface area contributed by atoms with Gasteiger partial charge in [0.1, 0.15) is 0 Å². The van der Waals surface area contributed by atoms with Crippen molar-refractivity contribution < 1.29 is 4.79 Å². The number of rotatable bonds is 6. The summed E-state index contributed by atoms with van der Waals surface area (Å²) in [5, 5.41) is 5.98. The predicted octanol–water partition coefficient (Wildman–Crippen LogP) is 4.74. The van der Waals surface area contributed by atoms with Crippen molar-refractivity contribution in [2.75, 3.05) is 25.0 Å². The summed E-state index contributed by atoms with van der Waals surface area (Å²) >= 11 is 0. The first-order valence-electron chi connectivity index (χ1n) is 9.67. The van der Waals surface area contributed by atoms with Crippen molar-refractivity contribution in [1.82, 2.24) is 10.2 Å². The van der Waals surface area contributed by atoms with E-state index in [4.69, 9.17) is 0 Å². The van der Waals surface area contributed by atoms with Crippen molar-refractivity contribution in [2.24, 2.45) is 0 Å². The Morgan fingerprint density at radius 3 is 2.65 bits per heavy atom. The first-order chi connectivity index (χ1) is 12.7. The standard InChI is InChI=1S/C22H29N3O/c1-18-10-7-8-16-25(18)17-9-15-23-22(26)24-21-14-6-5-13-20(21)19-11-3-2-4-12-19/h2-6,11-14,18H,7-10,15-17H2,1H3,(H2,23,24,26). The van der Waals surface area contributed by atoms with Crippen LogP contribution < -0.4 is 10.6 Å². The van der Waals surface area contributed by atoms with Crippen LogP contribution in [0, 0.1) is 0 Å². The summed E-state index contributed by atoms with van der Waals surface area (Å²) in [7, 11) is 0. The van der Waals surface area contributed by atoms with E-state index >= 15 is 0 Å². The average molecular weight is 351 g/mol. The molecule has 4 nitrogen and oxygen atoms in total. The largest absolute Gasteiger partial charge is 0.338 e. The molecule has 1 fully saturated rings. The Labute approximate surface area is 156 Å². The molecule has 2 aromatic rings. The number of anilines is 1. The second-order valence-corrected chi connectivity index (χ2v) is 7.03. The molecule has 0 bridgehead atoms. The third-order valence-corrected chi connectivity index (χ3v) is 5.11. The number of urea groups is 1. The Morgan fingerprint density at radius 1 is 1.08 bits per heavy atom. The quantitative estimate of drug-likeness (QED) is 0.738. The summed E-state index contributed by atoms with van der Waals surface area (Å²) < 4.78 is 0. The van der Waals surface area contributed by atoms with Gasteiger partial charge in [-0.05, 0) is 44.4 Å². The lowest BCUT2D eigenvalue weighted by Crippen LogP contribution is -2.39. The highest BCUT2D eigenvalue weighted by atomic mass is 16.2. The Morgan fingerprint density at radius 2 is 1.85 bits per heavy atom. The minimum atomic E-state index is -0.139. The number of benzene rings is 2. The van der Waals surface area contributed by atoms with E-state index in [2.05, 4.69) is 34.6 Å². The van der Waals surface area contributed by atoms with Crippen LogP contribution in [0.5, 0.6) is 0 Å². The Bertz CT molecular complexity index is 702. The number of amides is 2. The maximum atomic E-state index is 12.3. The van der Waals surface area contributed by atoms with Gasteiger partial charge in [0, 0.05) is 24.7 Å². The van der Waals surface area contributed by atoms with E-state index in [9.17, 15) is 4.79 Å². The van der Waals surface area contributed by atoms with E-state index in [0.717, 1.165) is 29.8 Å². The van der Waals surface area contributed by atoms with Gasteiger partial charge in [0.2, 0.25) is 0 Å². The van der Waals surface area contributed by atoms with Gasteiger partial charge in [-0.25, -0.2) is 4.79 Å². The van der Waals surface area contributed by atoms with Crippen LogP contribution in [0.2, 0.25) is 0 Å². The van der Waals surface area contributed by atoms with Crippen LogP contribution in [0.15, 0.2) is 54.6 Å². The van der Waals surface area contributed by atoms with Gasteiger partial charge < -0.3 is 15.5 Å². The highest BCUT2D eigenvalue weighted by Crippen LogP contribution is 2.27. The number of hydrogen-bond acceptors (Lipinski definition) is 2. The van der Waals surface area contributed by atoms with E-state index in [0.29, 0.717) is 12.6 Å². The first-order valence-corrected chi connectivity index (χ1v) is 9.67. The summed E-state index contributed by atoms with van der Waals surface area (Å²) in [6.07, 6.45) is 4.93. The molecule has 26 heavy (non-hydrogen) atoms. The molecule has 0 saturated carbocycles. The number of piperidine rings is 1. The number of para-hydroxylation sites is 1. The van der Waals surface area contributed by atoms with Gasteiger partial charge >= 0.3 is 6.03 Å². The van der Waals surface area contributed by atoms with Crippen LogP contribution in [0.4, 0.5) is 10.5 Å². The molecule has 1 unspecified atom stereocenters. The first kappa shape index (κ1) is 18.5. The molecule has 0 aliphatic carbocycles. The van der Waals surface area contributed by atoms with E-state index in [-0.39, 0.29) is 6.03 Å². The van der Waals surface area contributed by atoms with Crippen molar-refractivity contribution in [3.8, 4) is 11.1 Å². The average Bonchev–Trinajstić information content (AvgIpc) is 2.68. The van der Waals surface area contributed by atoms with Crippen LogP contribution in [0.25, 0.3) is 11.1 Å². The van der Waals surface area contributed by atoms with Gasteiger partial charge in [-0.2, -0.15) is 0 Å². The van der Waals surface area contributed by atoms with Crippen LogP contribution in [0.1, 0.15) is 32.6 Å². The molecule has 1 atom stereocenters. The fourth-order valence-corrected chi connectivity index (χ4v) is 3.60. The summed E-state index contributed by atoms with van der Waals surface area (Å²) in [5.74, 6) is 0. The monoisotopic (exact) mass is 351 g/mol. The molecule has 2 amide bonds. The molecule has 1 saturated heterocycles. The molecule has 0 aromatic heterocycles. The second-order valence-electron chi connectivity index (χ2n) is 7.03. The molecule has 1 aliphatic heterocycles. The lowest BCUT2D eigenvalue weighted by atomic mass is 10.0. The number of nitrogens with zero attached hydrogens (tertiary/aromatic N) is 1. The minimum absolute atomic E-state index is 0.139. The zero-order chi connectivity index (χ0) is 18.2. The summed E-state index contributed by atoms with van der Waals surface area (Å²) in [6.45, 7) is 5.25. The van der Waals surface area contributed by atoms with Gasteiger partial charge in [0.25, 0.3) is 0 Å². The Hall–Kier alpha value is -2.33. The molecule has 2 aromatic carbocycles. The molecular formula is C22H29N3O. The lowest BCUT2D eigenvalue weighted by molar-refractivity contribution is 0.159. The summed E-state index contributed by atoms with van der Waals surface area (Å²) in [5.41, 5.74) is 2.97. The molecule has 138 valence electrons. The van der Waals surface area contributed by atoms with E-state index < -0.39 is 0 Å². The van der Waals surface area contributed by atoms with Crippen molar-refractivity contribution in [3.05, 3.63) is 54.6 Å². The molecule has 0 spiro atoms. The number of carbonyl (C=O) groups excluding carboxylic acids is 1. The van der Waals surface area contributed by atoms with Crippen LogP contribution in [0.3, 0.4) is 0 Å². The van der Waals surface area contributed by atoms with E-state index in [1.165, 1.54) is 25.8 Å². The van der Waals surface area contributed by atoms with Crippen LogP contribution in [-0.4, -0.2) is 36.6 Å². The number of likely N-dealkylation sites (tertiary alicyclic amines) is 1. The zero-order valence-corrected chi connectivity index (χ0v) is 15.6. The van der Waals surface area contributed by atoms with E-state index in [1.807, 2.05) is 42.5 Å². The highest BCUT2D eigenvalue weighted by molar-refractivity contribution is 5.94. The van der Waals surface area contributed by atoms with Gasteiger partial charge in [0.05, 0.1) is 5.69 Å². The fraction of sp³-hybridized carbons (Fsp3) is 0.409. The molecule has 4 heteroatoms. The number of hydrogen-bond donors (Lipinski definition) is 2. The SMILES string of the molecule is CC1CCCCN1CCCNC(=O)Nc1ccccc1-c1ccccc1. The maximum absolute atomic E-state index is 12.3. The minimum Gasteiger partial charge on any atom is -0.338 e. The molecule has 3 rings (SSSR count). The Kier molecular flexibility index (Phi) is 6.67. The number of nitrogens with one attached hydrogen (secondary N) is 2. The van der Waals surface area contributed by atoms with Crippen LogP contribution >= 0.6 is 0 Å². The molecule has 0 radical (unpaired) electrons. The van der Waals surface area contributed by atoms with Crippen molar-refractivity contribution in [1.29, 1.82) is 0 Å². The zero-order valence-electron chi connectivity index (χ0n) is 15.6. The second kappa shape index (κ2) is 9.39. The van der Waals surface area contributed by atoms with Gasteiger partial charge in [-0.3, -0.25) is 0 Å². The molecule has 1 aliphatic rings. The summed E-state index contributed by atoms with van der Waals surface area (Å²) in [4.78, 5) is 14.8. The highest BCUT2D eigenvalue weighted by Gasteiger charge is 2.17. The van der Waals surface area contributed by atoms with Gasteiger partial charge in [-0.15, -0.1) is 0 Å². The maximum Gasteiger partial charge on any atom is 0.319 e. The van der Waals surface area contributed by atoms with Crippen molar-refractivity contribution in [2.45, 2.75) is 38.6 Å². The predicted molar refractivity (Wildman–Crippen MR) is 108 cm³/mol. The molecular weight excluding hydrogens is 322 g/mol. The fourth-order valence-electron chi connectivity index (χ4n) is 3.60. The third kappa shape index (κ3) is 5.09. The number of carbonyl (C=O) groups is 1. The van der Waals surface area contributed by atoms with Crippen molar-refractivity contribution in [3.63, 3.8) is 0 Å². The normalized spacial score (nSPS) is 17.7. The van der Waals surface area contributed by atoms with E-state index in [1.54, 1.807) is 0 Å². The van der Waals surface area contributed by atoms with Crippen LogP contribution in [-0.2, 0) is 0 Å². The molecule has 2 N–H and O–H groups in total. The smallest absolute Gasteiger partial charge is 0.319 e. The molecule has 1 heterocycles. The van der Waals surface area contributed by atoms with Gasteiger partial charge in [-0.1, -0.05) is 55.0 Å². The summed E-state index contributed by atoms with van der Waals surface area (Å²) in [6, 6.07) is 18.6. The van der Waals surface area contributed by atoms with Gasteiger partial charge in [0.15, 0.2) is 0 Å². The Balaban J connectivity index is 1.48.